The van der Waals surface area contributed by atoms with Crippen LogP contribution in [0.5, 0.6) is 0 Å². The lowest BCUT2D eigenvalue weighted by Crippen LogP contribution is -2.57. The highest BCUT2D eigenvalue weighted by Gasteiger charge is 2.35. The van der Waals surface area contributed by atoms with Gasteiger partial charge in [-0.3, -0.25) is 9.59 Å². The molecule has 2 aromatic carbocycles. The fraction of sp³-hybridized carbons (Fsp3) is 0.375. The van der Waals surface area contributed by atoms with Crippen molar-refractivity contribution >= 4 is 21.8 Å². The highest BCUT2D eigenvalue weighted by molar-refractivity contribution is 7.89. The number of nitrogens with one attached hydrogen (secondary N) is 1. The van der Waals surface area contributed by atoms with Crippen LogP contribution in [0.2, 0.25) is 0 Å². The third kappa shape index (κ3) is 5.41. The summed E-state index contributed by atoms with van der Waals surface area (Å²) in [5.41, 5.74) is 1.61. The molecular formula is C24H28N4O4S. The van der Waals surface area contributed by atoms with Gasteiger partial charge in [-0.15, -0.1) is 0 Å². The molecule has 1 heterocycles. The van der Waals surface area contributed by atoms with Crippen LogP contribution in [0.25, 0.3) is 0 Å². The number of nitrogens with zero attached hydrogens (tertiary/aromatic N) is 3. The Kier molecular flexibility index (Phi) is 7.51. The summed E-state index contributed by atoms with van der Waals surface area (Å²) in [4.78, 5) is 27.4. The van der Waals surface area contributed by atoms with Crippen LogP contribution in [0.15, 0.2) is 53.4 Å². The van der Waals surface area contributed by atoms with Crippen LogP contribution in [0, 0.1) is 24.2 Å². The van der Waals surface area contributed by atoms with Crippen molar-refractivity contribution in [3.63, 3.8) is 0 Å². The van der Waals surface area contributed by atoms with Gasteiger partial charge in [0.05, 0.1) is 10.5 Å². The molecule has 2 aromatic rings. The van der Waals surface area contributed by atoms with Gasteiger partial charge in [-0.2, -0.15) is 9.57 Å². The first-order valence-electron chi connectivity index (χ1n) is 10.8. The number of carbonyl (C=O) groups is 2. The second-order valence-electron chi connectivity index (χ2n) is 8.40. The van der Waals surface area contributed by atoms with E-state index < -0.39 is 16.1 Å². The summed E-state index contributed by atoms with van der Waals surface area (Å²) in [7, 11) is -3.85. The number of nitriles is 1. The Bertz CT molecular complexity index is 1160. The van der Waals surface area contributed by atoms with E-state index in [1.807, 2.05) is 39.0 Å². The fourth-order valence-electron chi connectivity index (χ4n) is 3.71. The van der Waals surface area contributed by atoms with Gasteiger partial charge in [-0.05, 0) is 37.1 Å². The minimum Gasteiger partial charge on any atom is -0.340 e. The van der Waals surface area contributed by atoms with E-state index in [-0.39, 0.29) is 54.4 Å². The Balaban J connectivity index is 1.68. The van der Waals surface area contributed by atoms with Crippen molar-refractivity contribution in [2.45, 2.75) is 31.7 Å². The van der Waals surface area contributed by atoms with Crippen molar-refractivity contribution in [3.05, 3.63) is 65.2 Å². The van der Waals surface area contributed by atoms with Crippen molar-refractivity contribution in [2.75, 3.05) is 26.2 Å². The first-order valence-corrected chi connectivity index (χ1v) is 12.2. The molecule has 1 fully saturated rings. The van der Waals surface area contributed by atoms with Crippen molar-refractivity contribution in [2.24, 2.45) is 5.92 Å². The third-order valence-electron chi connectivity index (χ3n) is 5.71. The number of rotatable bonds is 6. The van der Waals surface area contributed by atoms with Crippen molar-refractivity contribution in [1.82, 2.24) is 14.5 Å². The monoisotopic (exact) mass is 468 g/mol. The van der Waals surface area contributed by atoms with Gasteiger partial charge in [0, 0.05) is 31.7 Å². The summed E-state index contributed by atoms with van der Waals surface area (Å²) >= 11 is 0. The van der Waals surface area contributed by atoms with Gasteiger partial charge in [0.2, 0.25) is 15.9 Å². The van der Waals surface area contributed by atoms with Gasteiger partial charge in [0.1, 0.15) is 12.1 Å². The van der Waals surface area contributed by atoms with Gasteiger partial charge < -0.3 is 10.2 Å². The van der Waals surface area contributed by atoms with E-state index in [1.54, 1.807) is 29.2 Å². The van der Waals surface area contributed by atoms with E-state index in [0.717, 1.165) is 5.56 Å². The normalized spacial score (nSPS) is 15.7. The number of piperazine rings is 1. The third-order valence-corrected chi connectivity index (χ3v) is 7.67. The average molecular weight is 469 g/mol. The molecule has 1 atom stereocenters. The lowest BCUT2D eigenvalue weighted by Gasteiger charge is -2.36. The molecule has 1 aliphatic heterocycles. The highest BCUT2D eigenvalue weighted by atomic mass is 32.2. The number of sulfonamides is 1. The molecule has 33 heavy (non-hydrogen) atoms. The summed E-state index contributed by atoms with van der Waals surface area (Å²) in [6.45, 7) is 6.29. The quantitative estimate of drug-likeness (QED) is 0.698. The van der Waals surface area contributed by atoms with Crippen LogP contribution in [0.1, 0.15) is 35.3 Å². The van der Waals surface area contributed by atoms with Gasteiger partial charge in [-0.1, -0.05) is 43.7 Å². The lowest BCUT2D eigenvalue weighted by atomic mass is 10.0. The Labute approximate surface area is 194 Å². The summed E-state index contributed by atoms with van der Waals surface area (Å²) in [5.74, 6) is -0.701. The zero-order valence-corrected chi connectivity index (χ0v) is 19.8. The minimum absolute atomic E-state index is 0.0299. The highest BCUT2D eigenvalue weighted by Crippen LogP contribution is 2.21. The van der Waals surface area contributed by atoms with E-state index in [1.165, 1.54) is 16.4 Å². The molecular weight excluding hydrogens is 440 g/mol. The topological polar surface area (TPSA) is 111 Å². The molecule has 1 saturated heterocycles. The molecule has 0 saturated carbocycles. The van der Waals surface area contributed by atoms with E-state index in [0.29, 0.717) is 5.56 Å². The van der Waals surface area contributed by atoms with Gasteiger partial charge in [0.15, 0.2) is 0 Å². The van der Waals surface area contributed by atoms with E-state index in [2.05, 4.69) is 5.32 Å². The van der Waals surface area contributed by atoms with Crippen LogP contribution in [-0.2, 0) is 14.8 Å². The number of amides is 2. The zero-order chi connectivity index (χ0) is 24.2. The van der Waals surface area contributed by atoms with E-state index >= 15 is 0 Å². The molecule has 0 radical (unpaired) electrons. The first kappa shape index (κ1) is 24.4. The number of carbonyl (C=O) groups excluding carboxylic acids is 2. The SMILES string of the molecule is Cc1ccc(C(=O)N[C@H](C(=O)N2CCN(S(=O)(=O)c3ccccc3C#N)CC2)C(C)C)cc1. The van der Waals surface area contributed by atoms with Gasteiger partial charge in [-0.25, -0.2) is 8.42 Å². The van der Waals surface area contributed by atoms with Crippen LogP contribution >= 0.6 is 0 Å². The van der Waals surface area contributed by atoms with Crippen LogP contribution in [0.3, 0.4) is 0 Å². The molecule has 0 aromatic heterocycles. The fourth-order valence-corrected chi connectivity index (χ4v) is 5.28. The predicted octanol–water partition coefficient (Wildman–Crippen LogP) is 2.15. The summed E-state index contributed by atoms with van der Waals surface area (Å²) in [6.07, 6.45) is 0. The number of aryl methyl sites for hydroxylation is 1. The maximum atomic E-state index is 13.2. The van der Waals surface area contributed by atoms with Crippen LogP contribution < -0.4 is 5.32 Å². The van der Waals surface area contributed by atoms with Gasteiger partial charge in [0.25, 0.3) is 5.91 Å². The zero-order valence-electron chi connectivity index (χ0n) is 19.0. The van der Waals surface area contributed by atoms with Crippen molar-refractivity contribution in [3.8, 4) is 6.07 Å². The average Bonchev–Trinajstić information content (AvgIpc) is 2.82. The molecule has 0 bridgehead atoms. The second kappa shape index (κ2) is 10.1. The minimum atomic E-state index is -3.85. The molecule has 3 rings (SSSR count). The maximum Gasteiger partial charge on any atom is 0.251 e. The van der Waals surface area contributed by atoms with Crippen LogP contribution in [-0.4, -0.2) is 61.7 Å². The Morgan fingerprint density at radius 1 is 1.00 bits per heavy atom. The largest absolute Gasteiger partial charge is 0.340 e. The Morgan fingerprint density at radius 2 is 1.61 bits per heavy atom. The molecule has 8 nitrogen and oxygen atoms in total. The number of benzene rings is 2. The molecule has 1 N–H and O–H groups in total. The molecule has 1 aliphatic rings. The van der Waals surface area contributed by atoms with E-state index in [9.17, 15) is 23.3 Å². The molecule has 9 heteroatoms. The maximum absolute atomic E-state index is 13.2. The Morgan fingerprint density at radius 3 is 2.18 bits per heavy atom. The molecule has 0 aliphatic carbocycles. The standard InChI is InChI=1S/C24H28N4O4S/c1-17(2)22(26-23(29)19-10-8-18(3)9-11-19)24(30)27-12-14-28(15-13-27)33(31,32)21-7-5-4-6-20(21)16-25/h4-11,17,22H,12-15H2,1-3H3,(H,26,29)/t22-/m0/s1. The van der Waals surface area contributed by atoms with E-state index in [4.69, 9.17) is 0 Å². The molecule has 0 unspecified atom stereocenters. The molecule has 2 amide bonds. The lowest BCUT2D eigenvalue weighted by molar-refractivity contribution is -0.135. The smallest absolute Gasteiger partial charge is 0.251 e. The van der Waals surface area contributed by atoms with Gasteiger partial charge >= 0.3 is 0 Å². The summed E-state index contributed by atoms with van der Waals surface area (Å²) in [5, 5.41) is 12.1. The molecule has 174 valence electrons. The Hall–Kier alpha value is -3.22. The number of hydrogen-bond donors (Lipinski definition) is 1. The second-order valence-corrected chi connectivity index (χ2v) is 10.3. The van der Waals surface area contributed by atoms with Crippen molar-refractivity contribution < 1.29 is 18.0 Å². The summed E-state index contributed by atoms with van der Waals surface area (Å²) in [6, 6.07) is 14.4. The van der Waals surface area contributed by atoms with Crippen molar-refractivity contribution in [1.29, 1.82) is 5.26 Å². The summed E-state index contributed by atoms with van der Waals surface area (Å²) < 4.78 is 27.3. The predicted molar refractivity (Wildman–Crippen MR) is 124 cm³/mol. The first-order chi connectivity index (χ1) is 15.6. The molecule has 0 spiro atoms. The van der Waals surface area contributed by atoms with Crippen LogP contribution in [0.4, 0.5) is 0 Å². The number of hydrogen-bond acceptors (Lipinski definition) is 5.